The molecule has 0 radical (unpaired) electrons. The Morgan fingerprint density at radius 2 is 1.37 bits per heavy atom. The fourth-order valence-corrected chi connectivity index (χ4v) is 3.56. The highest BCUT2D eigenvalue weighted by Crippen LogP contribution is 2.38. The Hall–Kier alpha value is -0.0500. The molecule has 1 N–H and O–H groups in total. The molecule has 0 spiro atoms. The number of quaternary nitrogens is 1. The number of likely N-dealkylation sites (N-methyl/N-ethyl adjacent to an activating group) is 1. The van der Waals surface area contributed by atoms with E-state index in [1.54, 1.807) is 0 Å². The Morgan fingerprint density at radius 1 is 0.833 bits per heavy atom. The Kier molecular flexibility index (Phi) is 18.5. The molecule has 30 heavy (non-hydrogen) atoms. The first-order chi connectivity index (χ1) is 14.2. The number of phosphoric acid groups is 1. The van der Waals surface area contributed by atoms with Crippen LogP contribution in [-0.4, -0.2) is 70.0 Å². The minimum absolute atomic E-state index is 0.0320. The fourth-order valence-electron chi connectivity index (χ4n) is 2.83. The van der Waals surface area contributed by atoms with E-state index in [1.807, 2.05) is 21.1 Å². The topological polar surface area (TPSA) is 97.3 Å². The van der Waals surface area contributed by atoms with Crippen molar-refractivity contribution in [2.75, 3.05) is 54.1 Å². The van der Waals surface area contributed by atoms with Crippen LogP contribution in [0, 0.1) is 0 Å². The average molecular weight is 456 g/mol. The molecular formula is C21H46NO7P. The van der Waals surface area contributed by atoms with Crippen molar-refractivity contribution in [2.24, 2.45) is 0 Å². The molecule has 182 valence electrons. The van der Waals surface area contributed by atoms with Crippen LogP contribution < -0.4 is 4.89 Å². The number of rotatable bonds is 22. The Labute approximate surface area is 184 Å². The first-order valence-corrected chi connectivity index (χ1v) is 12.9. The summed E-state index contributed by atoms with van der Waals surface area (Å²) in [5.74, 6) is 0. The lowest BCUT2D eigenvalue weighted by Crippen LogP contribution is -2.37. The molecule has 0 amide bonds. The number of hydrogen-bond acceptors (Lipinski definition) is 7. The highest BCUT2D eigenvalue weighted by molar-refractivity contribution is 7.45. The zero-order valence-electron chi connectivity index (χ0n) is 19.7. The lowest BCUT2D eigenvalue weighted by molar-refractivity contribution is -0.870. The van der Waals surface area contributed by atoms with Crippen LogP contribution >= 0.6 is 7.82 Å². The second-order valence-electron chi connectivity index (χ2n) is 8.93. The van der Waals surface area contributed by atoms with Gasteiger partial charge < -0.3 is 23.2 Å². The molecule has 0 aliphatic rings. The monoisotopic (exact) mass is 455 g/mol. The van der Waals surface area contributed by atoms with E-state index in [0.717, 1.165) is 12.8 Å². The summed E-state index contributed by atoms with van der Waals surface area (Å²) in [6.07, 6.45) is 13.0. The van der Waals surface area contributed by atoms with Crippen LogP contribution in [0.4, 0.5) is 0 Å². The lowest BCUT2D eigenvalue weighted by Gasteiger charge is -2.27. The normalized spacial score (nSPS) is 15.3. The standard InChI is InChI=1S/C21H46NO7P/c1-5-6-7-8-9-10-11-12-13-14-15-17-26-19-21(29-23)20-28-30(24,25)27-18-16-22(2,3)4/h21H,5-20H2,1-4H3,(H-,23,24,25)/t21-/m1/s1. The van der Waals surface area contributed by atoms with Crippen LogP contribution in [0.3, 0.4) is 0 Å². The summed E-state index contributed by atoms with van der Waals surface area (Å²) < 4.78 is 27.3. The van der Waals surface area contributed by atoms with Crippen LogP contribution in [0.1, 0.15) is 77.6 Å². The summed E-state index contributed by atoms with van der Waals surface area (Å²) in [6, 6.07) is 0. The first-order valence-electron chi connectivity index (χ1n) is 11.5. The number of hydrogen-bond donors (Lipinski definition) is 1. The van der Waals surface area contributed by atoms with Crippen molar-refractivity contribution in [2.45, 2.75) is 83.7 Å². The van der Waals surface area contributed by atoms with Crippen molar-refractivity contribution < 1.29 is 37.9 Å². The maximum Gasteiger partial charge on any atom is 0.268 e. The van der Waals surface area contributed by atoms with E-state index in [9.17, 15) is 9.46 Å². The third-order valence-corrected chi connectivity index (χ3v) is 5.74. The van der Waals surface area contributed by atoms with E-state index < -0.39 is 13.9 Å². The van der Waals surface area contributed by atoms with Gasteiger partial charge in [0.1, 0.15) is 19.3 Å². The molecule has 9 heteroatoms. The van der Waals surface area contributed by atoms with Gasteiger partial charge in [0.2, 0.25) is 0 Å². The highest BCUT2D eigenvalue weighted by atomic mass is 31.2. The molecule has 0 rings (SSSR count). The van der Waals surface area contributed by atoms with Gasteiger partial charge in [0.25, 0.3) is 7.82 Å². The number of phosphoric ester groups is 1. The Balaban J connectivity index is 3.62. The zero-order valence-corrected chi connectivity index (χ0v) is 20.6. The van der Waals surface area contributed by atoms with E-state index in [2.05, 4.69) is 11.8 Å². The Bertz CT molecular complexity index is 432. The number of unbranched alkanes of at least 4 members (excludes halogenated alkanes) is 10. The van der Waals surface area contributed by atoms with Crippen LogP contribution in [0.2, 0.25) is 0 Å². The summed E-state index contributed by atoms with van der Waals surface area (Å²) >= 11 is 0. The molecule has 0 aromatic rings. The maximum absolute atomic E-state index is 11.7. The molecule has 2 atom stereocenters. The van der Waals surface area contributed by atoms with E-state index in [1.165, 1.54) is 57.8 Å². The molecule has 1 unspecified atom stereocenters. The van der Waals surface area contributed by atoms with Crippen LogP contribution in [-0.2, 0) is 23.2 Å². The van der Waals surface area contributed by atoms with Gasteiger partial charge in [0.05, 0.1) is 34.4 Å². The van der Waals surface area contributed by atoms with Gasteiger partial charge in [-0.1, -0.05) is 71.1 Å². The third-order valence-electron chi connectivity index (χ3n) is 4.78. The molecule has 0 heterocycles. The Morgan fingerprint density at radius 3 is 1.87 bits per heavy atom. The summed E-state index contributed by atoms with van der Waals surface area (Å²) in [4.78, 5) is 16.0. The van der Waals surface area contributed by atoms with Gasteiger partial charge in [0.15, 0.2) is 0 Å². The summed E-state index contributed by atoms with van der Waals surface area (Å²) in [6.45, 7) is 3.06. The van der Waals surface area contributed by atoms with Crippen LogP contribution in [0.25, 0.3) is 0 Å². The van der Waals surface area contributed by atoms with Gasteiger partial charge in [-0.05, 0) is 6.42 Å². The summed E-state index contributed by atoms with van der Waals surface area (Å²) in [5, 5.41) is 8.90. The van der Waals surface area contributed by atoms with Gasteiger partial charge >= 0.3 is 0 Å². The van der Waals surface area contributed by atoms with Crippen molar-refractivity contribution in [1.29, 1.82) is 0 Å². The van der Waals surface area contributed by atoms with Gasteiger partial charge in [-0.3, -0.25) is 9.82 Å². The molecule has 8 nitrogen and oxygen atoms in total. The van der Waals surface area contributed by atoms with Gasteiger partial charge in [-0.15, -0.1) is 0 Å². The van der Waals surface area contributed by atoms with Crippen LogP contribution in [0.5, 0.6) is 0 Å². The minimum Gasteiger partial charge on any atom is -0.756 e. The van der Waals surface area contributed by atoms with E-state index >= 15 is 0 Å². The second kappa shape index (κ2) is 18.5. The predicted octanol–water partition coefficient (Wildman–Crippen LogP) is 4.38. The molecular weight excluding hydrogens is 409 g/mol. The fraction of sp³-hybridized carbons (Fsp3) is 1.00. The second-order valence-corrected chi connectivity index (χ2v) is 10.3. The molecule has 0 aromatic carbocycles. The first kappa shape index (κ1) is 29.9. The SMILES string of the molecule is CCCCCCCCCCCCCOC[C@H](COP(=O)([O-])OCC[N+](C)(C)C)OO. The summed E-state index contributed by atoms with van der Waals surface area (Å²) in [5.41, 5.74) is 0. The van der Waals surface area contributed by atoms with Gasteiger partial charge in [0, 0.05) is 6.61 Å². The highest BCUT2D eigenvalue weighted by Gasteiger charge is 2.17. The van der Waals surface area contributed by atoms with Crippen molar-refractivity contribution >= 4 is 7.82 Å². The third kappa shape index (κ3) is 21.2. The largest absolute Gasteiger partial charge is 0.756 e. The van der Waals surface area contributed by atoms with Crippen LogP contribution in [0.15, 0.2) is 0 Å². The molecule has 0 aromatic heterocycles. The molecule has 0 saturated heterocycles. The van der Waals surface area contributed by atoms with Crippen molar-refractivity contribution in [3.05, 3.63) is 0 Å². The molecule has 0 bridgehead atoms. The lowest BCUT2D eigenvalue weighted by atomic mass is 10.1. The van der Waals surface area contributed by atoms with Crippen molar-refractivity contribution in [1.82, 2.24) is 0 Å². The maximum atomic E-state index is 11.7. The molecule has 0 aliphatic heterocycles. The number of ether oxygens (including phenoxy) is 1. The number of nitrogens with zero attached hydrogens (tertiary/aromatic N) is 1. The molecule has 0 aliphatic carbocycles. The van der Waals surface area contributed by atoms with Gasteiger partial charge in [-0.2, -0.15) is 0 Å². The smallest absolute Gasteiger partial charge is 0.268 e. The molecule has 0 fully saturated rings. The average Bonchev–Trinajstić information content (AvgIpc) is 2.66. The summed E-state index contributed by atoms with van der Waals surface area (Å²) in [7, 11) is 1.38. The molecule has 0 saturated carbocycles. The van der Waals surface area contributed by atoms with Crippen molar-refractivity contribution in [3.63, 3.8) is 0 Å². The minimum atomic E-state index is -4.42. The van der Waals surface area contributed by atoms with E-state index in [4.69, 9.17) is 19.0 Å². The van der Waals surface area contributed by atoms with E-state index in [0.29, 0.717) is 17.6 Å². The van der Waals surface area contributed by atoms with E-state index in [-0.39, 0.29) is 19.8 Å². The predicted molar refractivity (Wildman–Crippen MR) is 117 cm³/mol. The van der Waals surface area contributed by atoms with Gasteiger partial charge in [-0.25, -0.2) is 4.89 Å². The van der Waals surface area contributed by atoms with Crippen molar-refractivity contribution in [3.8, 4) is 0 Å². The quantitative estimate of drug-likeness (QED) is 0.0850. The zero-order chi connectivity index (χ0) is 22.7.